The van der Waals surface area contributed by atoms with E-state index in [9.17, 15) is 9.59 Å². The van der Waals surface area contributed by atoms with Gasteiger partial charge in [-0.2, -0.15) is 0 Å². The average Bonchev–Trinajstić information content (AvgIpc) is 2.98. The Morgan fingerprint density at radius 1 is 1.29 bits per heavy atom. The summed E-state index contributed by atoms with van der Waals surface area (Å²) in [5.41, 5.74) is 7.37. The lowest BCUT2D eigenvalue weighted by Crippen LogP contribution is -2.27. The molecule has 0 saturated heterocycles. The highest BCUT2D eigenvalue weighted by Crippen LogP contribution is 2.19. The van der Waals surface area contributed by atoms with Gasteiger partial charge in [0.05, 0.1) is 0 Å². The molecule has 6 heteroatoms. The largest absolute Gasteiger partial charge is 0.481 e. The molecule has 0 radical (unpaired) electrons. The Bertz CT molecular complexity index is 626. The van der Waals surface area contributed by atoms with E-state index in [4.69, 9.17) is 10.8 Å². The summed E-state index contributed by atoms with van der Waals surface area (Å²) in [7, 11) is 0. The molecule has 5 nitrogen and oxygen atoms in total. The van der Waals surface area contributed by atoms with E-state index in [0.717, 1.165) is 10.4 Å². The molecule has 0 saturated carbocycles. The van der Waals surface area contributed by atoms with Gasteiger partial charge in [-0.15, -0.1) is 11.3 Å². The monoisotopic (exact) mass is 304 g/mol. The van der Waals surface area contributed by atoms with Crippen LogP contribution in [0.3, 0.4) is 0 Å². The van der Waals surface area contributed by atoms with Crippen molar-refractivity contribution in [2.75, 3.05) is 5.32 Å². The molecular formula is C15H16N2O3S. The lowest BCUT2D eigenvalue weighted by molar-refractivity contribution is -0.137. The molecule has 1 heterocycles. The van der Waals surface area contributed by atoms with Gasteiger partial charge in [0.25, 0.3) is 0 Å². The first-order valence-electron chi connectivity index (χ1n) is 6.47. The first kappa shape index (κ1) is 15.2. The van der Waals surface area contributed by atoms with Crippen LogP contribution in [0, 0.1) is 0 Å². The number of hydrogen-bond acceptors (Lipinski definition) is 4. The average molecular weight is 304 g/mol. The fourth-order valence-corrected chi connectivity index (χ4v) is 2.60. The first-order chi connectivity index (χ1) is 10.1. The number of aliphatic carboxylic acids is 1. The maximum absolute atomic E-state index is 12.1. The zero-order chi connectivity index (χ0) is 15.2. The third-order valence-corrected chi connectivity index (χ3v) is 3.91. The number of carboxylic acid groups (broad SMARTS) is 1. The van der Waals surface area contributed by atoms with Crippen LogP contribution in [-0.4, -0.2) is 17.0 Å². The van der Waals surface area contributed by atoms with E-state index in [0.29, 0.717) is 12.1 Å². The lowest BCUT2D eigenvalue weighted by atomic mass is 10.1. The molecular weight excluding hydrogens is 288 g/mol. The number of amides is 1. The zero-order valence-corrected chi connectivity index (χ0v) is 12.1. The van der Waals surface area contributed by atoms with Gasteiger partial charge >= 0.3 is 5.97 Å². The number of thiophene rings is 1. The van der Waals surface area contributed by atoms with Gasteiger partial charge in [-0.3, -0.25) is 9.59 Å². The number of rotatable bonds is 6. The predicted molar refractivity (Wildman–Crippen MR) is 82.3 cm³/mol. The highest BCUT2D eigenvalue weighted by atomic mass is 32.1. The molecule has 0 fully saturated rings. The van der Waals surface area contributed by atoms with Gasteiger partial charge in [-0.05, 0) is 35.6 Å². The summed E-state index contributed by atoms with van der Waals surface area (Å²) >= 11 is 1.43. The predicted octanol–water partition coefficient (Wildman–Crippen LogP) is 2.40. The van der Waals surface area contributed by atoms with E-state index in [2.05, 4.69) is 5.32 Å². The van der Waals surface area contributed by atoms with Crippen LogP contribution in [0.1, 0.15) is 22.9 Å². The first-order valence-corrected chi connectivity index (χ1v) is 7.35. The SMILES string of the molecule is NC(C(=O)Nc1cccc(CCC(=O)O)c1)c1cccs1. The molecule has 1 amide bonds. The van der Waals surface area contributed by atoms with Gasteiger partial charge in [-0.1, -0.05) is 18.2 Å². The van der Waals surface area contributed by atoms with Crippen LogP contribution < -0.4 is 11.1 Å². The van der Waals surface area contributed by atoms with Crippen LogP contribution in [0.2, 0.25) is 0 Å². The molecule has 1 unspecified atom stereocenters. The second-order valence-electron chi connectivity index (χ2n) is 4.58. The Morgan fingerprint density at radius 2 is 2.10 bits per heavy atom. The summed E-state index contributed by atoms with van der Waals surface area (Å²) in [5.74, 6) is -1.13. The van der Waals surface area contributed by atoms with E-state index in [-0.39, 0.29) is 12.3 Å². The molecule has 110 valence electrons. The van der Waals surface area contributed by atoms with Crippen LogP contribution in [-0.2, 0) is 16.0 Å². The molecule has 1 aromatic heterocycles. The van der Waals surface area contributed by atoms with Crippen LogP contribution in [0.15, 0.2) is 41.8 Å². The van der Waals surface area contributed by atoms with Crippen molar-refractivity contribution in [3.8, 4) is 0 Å². The van der Waals surface area contributed by atoms with Gasteiger partial charge in [0.2, 0.25) is 5.91 Å². The van der Waals surface area contributed by atoms with Crippen molar-refractivity contribution in [3.05, 3.63) is 52.2 Å². The van der Waals surface area contributed by atoms with E-state index >= 15 is 0 Å². The van der Waals surface area contributed by atoms with Crippen molar-refractivity contribution in [2.45, 2.75) is 18.9 Å². The fraction of sp³-hybridized carbons (Fsp3) is 0.200. The molecule has 0 aliphatic rings. The molecule has 2 aromatic rings. The molecule has 2 rings (SSSR count). The van der Waals surface area contributed by atoms with Crippen molar-refractivity contribution in [1.29, 1.82) is 0 Å². The molecule has 0 spiro atoms. The van der Waals surface area contributed by atoms with Crippen molar-refractivity contribution in [3.63, 3.8) is 0 Å². The lowest BCUT2D eigenvalue weighted by Gasteiger charge is -2.11. The Kier molecular flexibility index (Phi) is 5.08. The van der Waals surface area contributed by atoms with Crippen molar-refractivity contribution >= 4 is 28.9 Å². The van der Waals surface area contributed by atoms with Crippen LogP contribution in [0.4, 0.5) is 5.69 Å². The third kappa shape index (κ3) is 4.40. The second kappa shape index (κ2) is 7.01. The van der Waals surface area contributed by atoms with Crippen molar-refractivity contribution in [2.24, 2.45) is 5.73 Å². The summed E-state index contributed by atoms with van der Waals surface area (Å²) in [6, 6.07) is 10.1. The van der Waals surface area contributed by atoms with E-state index in [1.165, 1.54) is 11.3 Å². The molecule has 4 N–H and O–H groups in total. The van der Waals surface area contributed by atoms with E-state index in [1.54, 1.807) is 18.2 Å². The van der Waals surface area contributed by atoms with Crippen molar-refractivity contribution < 1.29 is 14.7 Å². The summed E-state index contributed by atoms with van der Waals surface area (Å²) in [4.78, 5) is 23.4. The number of hydrogen-bond donors (Lipinski definition) is 3. The van der Waals surface area contributed by atoms with E-state index < -0.39 is 12.0 Å². The highest BCUT2D eigenvalue weighted by Gasteiger charge is 2.16. The number of anilines is 1. The Labute approximate surface area is 126 Å². The molecule has 1 aromatic carbocycles. The smallest absolute Gasteiger partial charge is 0.303 e. The minimum atomic E-state index is -0.843. The van der Waals surface area contributed by atoms with Gasteiger partial charge in [0.15, 0.2) is 0 Å². The van der Waals surface area contributed by atoms with Gasteiger partial charge in [0, 0.05) is 17.0 Å². The highest BCUT2D eigenvalue weighted by molar-refractivity contribution is 7.10. The normalized spacial score (nSPS) is 11.9. The van der Waals surface area contributed by atoms with Gasteiger partial charge in [0.1, 0.15) is 6.04 Å². The maximum atomic E-state index is 12.1. The fourth-order valence-electron chi connectivity index (χ4n) is 1.87. The molecule has 1 atom stereocenters. The molecule has 21 heavy (non-hydrogen) atoms. The van der Waals surface area contributed by atoms with Crippen molar-refractivity contribution in [1.82, 2.24) is 0 Å². The number of aryl methyl sites for hydroxylation is 1. The van der Waals surface area contributed by atoms with E-state index in [1.807, 2.05) is 23.6 Å². The number of carbonyl (C=O) groups excluding carboxylic acids is 1. The summed E-state index contributed by atoms with van der Waals surface area (Å²) in [6.45, 7) is 0. The van der Waals surface area contributed by atoms with Crippen LogP contribution >= 0.6 is 11.3 Å². The second-order valence-corrected chi connectivity index (χ2v) is 5.56. The van der Waals surface area contributed by atoms with Crippen LogP contribution in [0.25, 0.3) is 0 Å². The topological polar surface area (TPSA) is 92.4 Å². The summed E-state index contributed by atoms with van der Waals surface area (Å²) < 4.78 is 0. The minimum Gasteiger partial charge on any atom is -0.481 e. The maximum Gasteiger partial charge on any atom is 0.303 e. The number of carboxylic acids is 1. The summed E-state index contributed by atoms with van der Waals surface area (Å²) in [5, 5.41) is 13.3. The number of nitrogens with two attached hydrogens (primary N) is 1. The Balaban J connectivity index is 2.00. The summed E-state index contributed by atoms with van der Waals surface area (Å²) in [6.07, 6.45) is 0.488. The molecule has 0 bridgehead atoms. The van der Waals surface area contributed by atoms with Gasteiger partial charge in [-0.25, -0.2) is 0 Å². The van der Waals surface area contributed by atoms with Gasteiger partial charge < -0.3 is 16.2 Å². The Morgan fingerprint density at radius 3 is 2.76 bits per heavy atom. The third-order valence-electron chi connectivity index (χ3n) is 2.95. The molecule has 0 aliphatic carbocycles. The standard InChI is InChI=1S/C15H16N2O3S/c16-14(12-5-2-8-21-12)15(20)17-11-4-1-3-10(9-11)6-7-13(18)19/h1-5,8-9,14H,6-7,16H2,(H,17,20)(H,18,19). The Hall–Kier alpha value is -2.18. The number of nitrogens with one attached hydrogen (secondary N) is 1. The number of carbonyl (C=O) groups is 2. The molecule has 0 aliphatic heterocycles. The minimum absolute atomic E-state index is 0.0616. The van der Waals surface area contributed by atoms with Crippen LogP contribution in [0.5, 0.6) is 0 Å². The number of benzene rings is 1. The quantitative estimate of drug-likeness (QED) is 0.764. The zero-order valence-electron chi connectivity index (χ0n) is 11.3.